The molecule has 59 heavy (non-hydrogen) atoms. The molecular formula is C46H37N3O8S2. The van der Waals surface area contributed by atoms with Crippen LogP contribution in [0.2, 0.25) is 0 Å². The number of benzene rings is 6. The van der Waals surface area contributed by atoms with E-state index in [0.29, 0.717) is 27.8 Å². The van der Waals surface area contributed by atoms with Crippen LogP contribution in [0.3, 0.4) is 0 Å². The first-order valence-electron chi connectivity index (χ1n) is 18.5. The first-order valence-corrected chi connectivity index (χ1v) is 19.9. The molecule has 0 fully saturated rings. The van der Waals surface area contributed by atoms with E-state index in [9.17, 15) is 34.5 Å². The topological polar surface area (TPSA) is 178 Å². The van der Waals surface area contributed by atoms with E-state index in [4.69, 9.17) is 16.6 Å². The Hall–Kier alpha value is -6.96. The molecule has 1 heterocycles. The molecular weight excluding hydrogens is 787 g/mol. The van der Waals surface area contributed by atoms with Crippen molar-refractivity contribution in [1.82, 2.24) is 10.6 Å². The number of hydrogen-bond acceptors (Lipinski definition) is 8. The highest BCUT2D eigenvalue weighted by Gasteiger charge is 2.38. The number of nitrogens with one attached hydrogen (secondary N) is 3. The number of aliphatic carboxylic acids is 1. The lowest BCUT2D eigenvalue weighted by molar-refractivity contribution is -0.141. The number of carbonyl (C=O) groups excluding carboxylic acids is 1. The van der Waals surface area contributed by atoms with Gasteiger partial charge >= 0.3 is 11.9 Å². The van der Waals surface area contributed by atoms with Crippen molar-refractivity contribution in [2.45, 2.75) is 17.2 Å². The van der Waals surface area contributed by atoms with Crippen molar-refractivity contribution in [2.75, 3.05) is 17.6 Å². The van der Waals surface area contributed by atoms with E-state index in [2.05, 4.69) is 16.0 Å². The Morgan fingerprint density at radius 1 is 0.746 bits per heavy atom. The van der Waals surface area contributed by atoms with E-state index >= 15 is 0 Å². The largest absolute Gasteiger partial charge is 0.508 e. The second-order valence-corrected chi connectivity index (χ2v) is 15.2. The molecule has 1 atom stereocenters. The average Bonchev–Trinajstić information content (AvgIpc) is 3.23. The molecule has 5 aromatic carbocycles. The number of aromatic carboxylic acids is 1. The Morgan fingerprint density at radius 3 is 1.95 bits per heavy atom. The second-order valence-electron chi connectivity index (χ2n) is 13.6. The maximum atomic E-state index is 13.2. The Kier molecular flexibility index (Phi) is 12.1. The van der Waals surface area contributed by atoms with Gasteiger partial charge < -0.3 is 35.7 Å². The van der Waals surface area contributed by atoms with Gasteiger partial charge in [-0.3, -0.25) is 9.59 Å². The van der Waals surface area contributed by atoms with Crippen LogP contribution in [0.4, 0.5) is 5.69 Å². The van der Waals surface area contributed by atoms with E-state index in [1.165, 1.54) is 42.1 Å². The van der Waals surface area contributed by atoms with Crippen LogP contribution < -0.4 is 21.4 Å². The van der Waals surface area contributed by atoms with Crippen LogP contribution in [-0.2, 0) is 14.3 Å². The number of rotatable bonds is 14. The Labute approximate surface area is 348 Å². The molecule has 0 saturated heterocycles. The Morgan fingerprint density at radius 2 is 1.36 bits per heavy atom. The lowest BCUT2D eigenvalue weighted by Crippen LogP contribution is -2.44. The summed E-state index contributed by atoms with van der Waals surface area (Å²) in [6, 6.07) is 41.8. The van der Waals surface area contributed by atoms with Crippen LogP contribution in [0.25, 0.3) is 33.4 Å². The second kappa shape index (κ2) is 17.7. The molecule has 0 spiro atoms. The van der Waals surface area contributed by atoms with Crippen LogP contribution in [0, 0.1) is 0 Å². The molecule has 0 bridgehead atoms. The molecule has 7 rings (SSSR count). The number of fused-ring (bicyclic) bond motifs is 2. The summed E-state index contributed by atoms with van der Waals surface area (Å²) >= 11 is 6.89. The number of carboxylic acids is 2. The molecule has 0 radical (unpaired) electrons. The zero-order valence-electron chi connectivity index (χ0n) is 31.3. The summed E-state index contributed by atoms with van der Waals surface area (Å²) in [5.74, 6) is -2.67. The molecule has 296 valence electrons. The van der Waals surface area contributed by atoms with Gasteiger partial charge in [-0.2, -0.15) is 0 Å². The molecule has 1 aliphatic heterocycles. The minimum Gasteiger partial charge on any atom is -0.508 e. The zero-order valence-corrected chi connectivity index (χ0v) is 32.9. The monoisotopic (exact) mass is 823 g/mol. The molecule has 0 saturated carbocycles. The molecule has 13 heteroatoms. The molecule has 0 aromatic heterocycles. The van der Waals surface area contributed by atoms with Gasteiger partial charge in [-0.05, 0) is 70.9 Å². The highest BCUT2D eigenvalue weighted by Crippen LogP contribution is 2.49. The summed E-state index contributed by atoms with van der Waals surface area (Å²) in [5.41, 5.74) is 4.49. The maximum Gasteiger partial charge on any atom is 0.336 e. The number of aromatic hydroxyl groups is 1. The number of thioether (sulfide) groups is 1. The minimum atomic E-state index is -1.22. The third kappa shape index (κ3) is 8.81. The number of carboxylic acid groups (broad SMARTS) is 2. The third-order valence-electron chi connectivity index (χ3n) is 9.73. The van der Waals surface area contributed by atoms with Crippen molar-refractivity contribution >= 4 is 63.6 Å². The van der Waals surface area contributed by atoms with E-state index in [1.807, 2.05) is 91.0 Å². The average molecular weight is 824 g/mol. The van der Waals surface area contributed by atoms with Gasteiger partial charge in [-0.1, -0.05) is 97.1 Å². The van der Waals surface area contributed by atoms with Crippen molar-refractivity contribution < 1.29 is 34.1 Å². The molecule has 5 aromatic rings. The molecule has 1 aliphatic carbocycles. The number of phenols is 1. The number of hydrogen-bond donors (Lipinski definition) is 6. The van der Waals surface area contributed by atoms with Gasteiger partial charge in [-0.25, -0.2) is 9.59 Å². The van der Waals surface area contributed by atoms with Gasteiger partial charge in [0, 0.05) is 53.1 Å². The maximum absolute atomic E-state index is 13.2. The lowest BCUT2D eigenvalue weighted by atomic mass is 9.84. The number of anilines is 1. The number of amides is 1. The predicted octanol–water partition coefficient (Wildman–Crippen LogP) is 7.94. The SMILES string of the molecule is O=C(CCNC(=S)Nc1ccc(-c2c3ccc(=O)cc-3oc3cc(O)ccc23)c(C(=O)O)c1)N[C@@H](CSC(c1ccccc1)(c1ccccc1)c1ccccc1)C(=O)O. The van der Waals surface area contributed by atoms with Crippen LogP contribution in [0.1, 0.15) is 33.5 Å². The predicted molar refractivity (Wildman–Crippen MR) is 233 cm³/mol. The molecule has 1 amide bonds. The van der Waals surface area contributed by atoms with E-state index in [-0.39, 0.29) is 51.9 Å². The van der Waals surface area contributed by atoms with Gasteiger partial charge in [0.05, 0.1) is 10.3 Å². The highest BCUT2D eigenvalue weighted by atomic mass is 32.2. The van der Waals surface area contributed by atoms with Crippen LogP contribution in [0.5, 0.6) is 5.75 Å². The molecule has 6 N–H and O–H groups in total. The van der Waals surface area contributed by atoms with Crippen molar-refractivity contribution in [3.05, 3.63) is 178 Å². The first kappa shape index (κ1) is 40.2. The smallest absolute Gasteiger partial charge is 0.336 e. The van der Waals surface area contributed by atoms with Gasteiger partial charge in [0.1, 0.15) is 23.1 Å². The van der Waals surface area contributed by atoms with Gasteiger partial charge in [0.15, 0.2) is 10.5 Å². The summed E-state index contributed by atoms with van der Waals surface area (Å²) in [6.45, 7) is 0.0586. The molecule has 11 nitrogen and oxygen atoms in total. The quantitative estimate of drug-likeness (QED) is 0.0355. The summed E-state index contributed by atoms with van der Waals surface area (Å²) in [5, 5.41) is 39.9. The van der Waals surface area contributed by atoms with E-state index in [0.717, 1.165) is 16.7 Å². The molecule has 2 aliphatic rings. The fraction of sp³-hybridized carbons (Fsp3) is 0.109. The van der Waals surface area contributed by atoms with E-state index < -0.39 is 28.6 Å². The summed E-state index contributed by atoms with van der Waals surface area (Å²) in [6.07, 6.45) is -0.101. The Bertz CT molecular complexity index is 2590. The van der Waals surface area contributed by atoms with Gasteiger partial charge in [0.2, 0.25) is 5.91 Å². The minimum absolute atomic E-state index is 0.0561. The highest BCUT2D eigenvalue weighted by molar-refractivity contribution is 8.00. The molecule has 0 unspecified atom stereocenters. The number of carbonyl (C=O) groups is 3. The van der Waals surface area contributed by atoms with Gasteiger partial charge in [-0.15, -0.1) is 11.8 Å². The normalized spacial score (nSPS) is 11.8. The summed E-state index contributed by atoms with van der Waals surface area (Å²) in [4.78, 5) is 50.5. The van der Waals surface area contributed by atoms with Gasteiger partial charge in [0.25, 0.3) is 0 Å². The Balaban J connectivity index is 1.03. The standard InChI is InChI=1S/C46H37N3O8S2/c50-32-17-20-35-39(25-32)57-40-26-33(51)18-21-36(40)42(35)34-19-16-31(24-37(34)43(53)54)48-45(58)47-23-22-41(52)49-38(44(55)56)27-59-46(28-10-4-1-5-11-28,29-12-6-2-7-13-29)30-14-8-3-9-15-30/h1-21,24-26,38,50H,22-23,27H2,(H,49,52)(H,53,54)(H,55,56)(H2,47,48,58)/t38-/m0/s1. The number of thiocarbonyl (C=S) groups is 1. The van der Waals surface area contributed by atoms with Crippen LogP contribution >= 0.6 is 24.0 Å². The lowest BCUT2D eigenvalue weighted by Gasteiger charge is -2.36. The third-order valence-corrected chi connectivity index (χ3v) is 11.6. The summed E-state index contributed by atoms with van der Waals surface area (Å²) < 4.78 is 5.13. The fourth-order valence-corrected chi connectivity index (χ4v) is 8.82. The van der Waals surface area contributed by atoms with Crippen molar-refractivity contribution in [3.8, 4) is 28.2 Å². The number of phenolic OH excluding ortho intramolecular Hbond substituents is 1. The van der Waals surface area contributed by atoms with E-state index in [1.54, 1.807) is 24.3 Å². The zero-order chi connectivity index (χ0) is 41.5. The van der Waals surface area contributed by atoms with Crippen LogP contribution in [0.15, 0.2) is 155 Å². The van der Waals surface area contributed by atoms with Crippen molar-refractivity contribution in [1.29, 1.82) is 0 Å². The fourth-order valence-electron chi connectivity index (χ4n) is 7.05. The van der Waals surface area contributed by atoms with Crippen molar-refractivity contribution in [3.63, 3.8) is 0 Å². The first-order chi connectivity index (χ1) is 28.5. The van der Waals surface area contributed by atoms with Crippen LogP contribution in [-0.4, -0.2) is 56.6 Å². The van der Waals surface area contributed by atoms with Crippen molar-refractivity contribution in [2.24, 2.45) is 0 Å². The summed E-state index contributed by atoms with van der Waals surface area (Å²) in [7, 11) is 0.